The molecule has 0 aliphatic carbocycles. The first-order valence-electron chi connectivity index (χ1n) is 5.36. The highest BCUT2D eigenvalue weighted by Crippen LogP contribution is 2.26. The Labute approximate surface area is 99.4 Å². The normalized spacial score (nSPS) is 23.1. The van der Waals surface area contributed by atoms with Crippen LogP contribution < -0.4 is 5.32 Å². The highest BCUT2D eigenvalue weighted by Gasteiger charge is 2.14. The number of hydrogen-bond acceptors (Lipinski definition) is 1. The van der Waals surface area contributed by atoms with Crippen molar-refractivity contribution in [1.82, 2.24) is 5.32 Å². The minimum atomic E-state index is 0.589. The van der Waals surface area contributed by atoms with Crippen molar-refractivity contribution in [1.29, 1.82) is 0 Å². The first-order valence-corrected chi connectivity index (χ1v) is 6.43. The Morgan fingerprint density at radius 3 is 2.86 bits per heavy atom. The first-order chi connectivity index (χ1) is 6.88. The summed E-state index contributed by atoms with van der Waals surface area (Å²) < 4.78 is 1.39. The summed E-state index contributed by atoms with van der Waals surface area (Å²) in [6.45, 7) is 1.18. The van der Waals surface area contributed by atoms with Gasteiger partial charge >= 0.3 is 0 Å². The second-order valence-corrected chi connectivity index (χ2v) is 5.04. The summed E-state index contributed by atoms with van der Waals surface area (Å²) in [5, 5.41) is 3.63. The van der Waals surface area contributed by atoms with Crippen LogP contribution in [0.5, 0.6) is 0 Å². The molecule has 2 rings (SSSR count). The van der Waals surface area contributed by atoms with E-state index in [2.05, 4.69) is 52.2 Å². The molecule has 0 amide bonds. The highest BCUT2D eigenvalue weighted by molar-refractivity contribution is 14.1. The van der Waals surface area contributed by atoms with Crippen LogP contribution in [0.3, 0.4) is 0 Å². The fourth-order valence-electron chi connectivity index (χ4n) is 2.05. The lowest BCUT2D eigenvalue weighted by molar-refractivity contribution is 0.533. The number of hydrogen-bond donors (Lipinski definition) is 1. The van der Waals surface area contributed by atoms with Gasteiger partial charge in [0.25, 0.3) is 0 Å². The summed E-state index contributed by atoms with van der Waals surface area (Å²) in [4.78, 5) is 0. The molecule has 1 aromatic rings. The van der Waals surface area contributed by atoms with Crippen LogP contribution in [0.4, 0.5) is 0 Å². The SMILES string of the molecule is Ic1ccccc1C1CCCCCN1. The highest BCUT2D eigenvalue weighted by atomic mass is 127. The zero-order valence-electron chi connectivity index (χ0n) is 8.30. The van der Waals surface area contributed by atoms with Gasteiger partial charge in [-0.05, 0) is 53.6 Å². The third kappa shape index (κ3) is 2.48. The summed E-state index contributed by atoms with van der Waals surface area (Å²) in [5.74, 6) is 0. The molecule has 1 heterocycles. The van der Waals surface area contributed by atoms with E-state index in [1.807, 2.05) is 0 Å². The van der Waals surface area contributed by atoms with Gasteiger partial charge in [0.2, 0.25) is 0 Å². The molecule has 0 radical (unpaired) electrons. The van der Waals surface area contributed by atoms with Crippen LogP contribution in [0.15, 0.2) is 24.3 Å². The maximum Gasteiger partial charge on any atom is 0.0330 e. The van der Waals surface area contributed by atoms with Crippen molar-refractivity contribution in [2.45, 2.75) is 31.7 Å². The van der Waals surface area contributed by atoms with E-state index in [0.29, 0.717) is 6.04 Å². The van der Waals surface area contributed by atoms with Crippen LogP contribution >= 0.6 is 22.6 Å². The molecule has 14 heavy (non-hydrogen) atoms. The zero-order valence-corrected chi connectivity index (χ0v) is 10.5. The third-order valence-corrected chi connectivity index (χ3v) is 3.82. The minimum absolute atomic E-state index is 0.589. The predicted molar refractivity (Wildman–Crippen MR) is 68.4 cm³/mol. The van der Waals surface area contributed by atoms with E-state index < -0.39 is 0 Å². The summed E-state index contributed by atoms with van der Waals surface area (Å²) in [5.41, 5.74) is 1.48. The molecule has 1 unspecified atom stereocenters. The Morgan fingerprint density at radius 1 is 1.14 bits per heavy atom. The molecule has 76 valence electrons. The van der Waals surface area contributed by atoms with Crippen molar-refractivity contribution in [3.63, 3.8) is 0 Å². The lowest BCUT2D eigenvalue weighted by atomic mass is 10.0. The maximum absolute atomic E-state index is 3.63. The summed E-state index contributed by atoms with van der Waals surface area (Å²) >= 11 is 2.44. The summed E-state index contributed by atoms with van der Waals surface area (Å²) in [6, 6.07) is 9.30. The number of rotatable bonds is 1. The van der Waals surface area contributed by atoms with Gasteiger partial charge in [-0.25, -0.2) is 0 Å². The molecule has 1 fully saturated rings. The molecule has 1 atom stereocenters. The minimum Gasteiger partial charge on any atom is -0.310 e. The predicted octanol–water partition coefficient (Wildman–Crippen LogP) is 3.50. The van der Waals surface area contributed by atoms with Gasteiger partial charge in [0.05, 0.1) is 0 Å². The van der Waals surface area contributed by atoms with Crippen LogP contribution in [-0.2, 0) is 0 Å². The Morgan fingerprint density at radius 2 is 2.00 bits per heavy atom. The van der Waals surface area contributed by atoms with E-state index in [1.165, 1.54) is 41.4 Å². The topological polar surface area (TPSA) is 12.0 Å². The van der Waals surface area contributed by atoms with Crippen molar-refractivity contribution in [2.75, 3.05) is 6.54 Å². The van der Waals surface area contributed by atoms with Crippen molar-refractivity contribution in [3.8, 4) is 0 Å². The molecule has 2 heteroatoms. The average molecular weight is 301 g/mol. The molecule has 1 aromatic carbocycles. The van der Waals surface area contributed by atoms with E-state index in [4.69, 9.17) is 0 Å². The monoisotopic (exact) mass is 301 g/mol. The molecule has 1 aliphatic heterocycles. The van der Waals surface area contributed by atoms with E-state index in [-0.39, 0.29) is 0 Å². The lowest BCUT2D eigenvalue weighted by Crippen LogP contribution is -2.20. The van der Waals surface area contributed by atoms with Gasteiger partial charge in [0.1, 0.15) is 0 Å². The number of benzene rings is 1. The Kier molecular flexibility index (Phi) is 3.81. The molecule has 0 bridgehead atoms. The van der Waals surface area contributed by atoms with Crippen LogP contribution in [0.1, 0.15) is 37.3 Å². The quantitative estimate of drug-likeness (QED) is 0.783. The number of nitrogens with one attached hydrogen (secondary N) is 1. The van der Waals surface area contributed by atoms with Gasteiger partial charge in [-0.2, -0.15) is 0 Å². The lowest BCUT2D eigenvalue weighted by Gasteiger charge is -2.17. The summed E-state index contributed by atoms with van der Waals surface area (Å²) in [6.07, 6.45) is 5.37. The van der Waals surface area contributed by atoms with Crippen molar-refractivity contribution in [2.24, 2.45) is 0 Å². The van der Waals surface area contributed by atoms with E-state index in [9.17, 15) is 0 Å². The summed E-state index contributed by atoms with van der Waals surface area (Å²) in [7, 11) is 0. The average Bonchev–Trinajstić information content (AvgIpc) is 2.47. The molecular formula is C12H16IN. The van der Waals surface area contributed by atoms with E-state index in [1.54, 1.807) is 0 Å². The maximum atomic E-state index is 3.63. The van der Waals surface area contributed by atoms with Crippen LogP contribution in [0.25, 0.3) is 0 Å². The van der Waals surface area contributed by atoms with Crippen LogP contribution in [0, 0.1) is 3.57 Å². The van der Waals surface area contributed by atoms with Gasteiger partial charge in [-0.15, -0.1) is 0 Å². The Bertz CT molecular complexity index is 290. The molecule has 0 aromatic heterocycles. The zero-order chi connectivity index (χ0) is 9.80. The first kappa shape index (κ1) is 10.4. The second-order valence-electron chi connectivity index (χ2n) is 3.88. The second kappa shape index (κ2) is 5.12. The van der Waals surface area contributed by atoms with Gasteiger partial charge in [-0.1, -0.05) is 31.0 Å². The van der Waals surface area contributed by atoms with Crippen LogP contribution in [0.2, 0.25) is 0 Å². The van der Waals surface area contributed by atoms with E-state index >= 15 is 0 Å². The fourth-order valence-corrected chi connectivity index (χ4v) is 2.82. The fraction of sp³-hybridized carbons (Fsp3) is 0.500. The van der Waals surface area contributed by atoms with E-state index in [0.717, 1.165) is 0 Å². The van der Waals surface area contributed by atoms with Crippen molar-refractivity contribution < 1.29 is 0 Å². The molecule has 1 aliphatic rings. The Hall–Kier alpha value is -0.0900. The standard InChI is InChI=1S/C12H16IN/c13-11-7-4-3-6-10(11)12-8-2-1-5-9-14-12/h3-4,6-7,12,14H,1-2,5,8-9H2. The van der Waals surface area contributed by atoms with Gasteiger partial charge in [0.15, 0.2) is 0 Å². The van der Waals surface area contributed by atoms with Crippen molar-refractivity contribution >= 4 is 22.6 Å². The third-order valence-electron chi connectivity index (χ3n) is 2.84. The van der Waals surface area contributed by atoms with Gasteiger partial charge < -0.3 is 5.32 Å². The molecule has 0 spiro atoms. The van der Waals surface area contributed by atoms with Gasteiger partial charge in [0, 0.05) is 9.61 Å². The molecule has 1 saturated heterocycles. The molecule has 0 saturated carbocycles. The molecule has 1 N–H and O–H groups in total. The van der Waals surface area contributed by atoms with Crippen LogP contribution in [-0.4, -0.2) is 6.54 Å². The largest absolute Gasteiger partial charge is 0.310 e. The van der Waals surface area contributed by atoms with Gasteiger partial charge in [-0.3, -0.25) is 0 Å². The number of halogens is 1. The molecule has 1 nitrogen and oxygen atoms in total. The van der Waals surface area contributed by atoms with Crippen molar-refractivity contribution in [3.05, 3.63) is 33.4 Å². The molecular weight excluding hydrogens is 285 g/mol. The Balaban J connectivity index is 2.16. The smallest absolute Gasteiger partial charge is 0.0330 e.